The van der Waals surface area contributed by atoms with Crippen LogP contribution in [0.2, 0.25) is 0 Å². The van der Waals surface area contributed by atoms with E-state index < -0.39 is 5.60 Å². The van der Waals surface area contributed by atoms with Crippen molar-refractivity contribution in [2.45, 2.75) is 76.4 Å². The number of benzene rings is 1. The molecule has 5 aliphatic rings. The Balaban J connectivity index is 1.18. The molecule has 1 N–H and O–H groups in total. The number of hydrogen-bond acceptors (Lipinski definition) is 4. The smallest absolute Gasteiger partial charge is 0.310 e. The van der Waals surface area contributed by atoms with Gasteiger partial charge in [-0.15, -0.1) is 0 Å². The lowest BCUT2D eigenvalue weighted by molar-refractivity contribution is -0.202. The van der Waals surface area contributed by atoms with Crippen LogP contribution in [0.25, 0.3) is 10.9 Å². The number of carbonyl (C=O) groups excluding carboxylic acids is 2. The number of nitrogens with one attached hydrogen (secondary N) is 1. The van der Waals surface area contributed by atoms with E-state index in [0.717, 1.165) is 55.0 Å². The Morgan fingerprint density at radius 3 is 2.71 bits per heavy atom. The van der Waals surface area contributed by atoms with Gasteiger partial charge >= 0.3 is 5.97 Å². The normalized spacial score (nSPS) is 36.1. The molecular weight excluding hydrogens is 426 g/mol. The number of nitriles is 1. The SMILES string of the molecule is CC1CC(C#N)N(C(=O)CC23CC4CC(C2)CC(OC(=O)Cc2c[nH]c5ccccc25)(C4)C3)C1. The van der Waals surface area contributed by atoms with Crippen molar-refractivity contribution in [3.63, 3.8) is 0 Å². The second-order valence-electron chi connectivity index (χ2n) is 11.9. The maximum Gasteiger partial charge on any atom is 0.310 e. The van der Waals surface area contributed by atoms with Gasteiger partial charge in [0.05, 0.1) is 12.5 Å². The van der Waals surface area contributed by atoms with Crippen molar-refractivity contribution >= 4 is 22.8 Å². The fourth-order valence-electron chi connectivity index (χ4n) is 8.27. The minimum absolute atomic E-state index is 0.0892. The van der Waals surface area contributed by atoms with E-state index in [0.29, 0.717) is 30.7 Å². The molecule has 1 aliphatic heterocycles. The largest absolute Gasteiger partial charge is 0.459 e. The van der Waals surface area contributed by atoms with Crippen molar-refractivity contribution in [1.29, 1.82) is 5.26 Å². The molecule has 5 fully saturated rings. The van der Waals surface area contributed by atoms with Gasteiger partial charge in [0.2, 0.25) is 5.91 Å². The monoisotopic (exact) mass is 459 g/mol. The van der Waals surface area contributed by atoms with Gasteiger partial charge in [0.15, 0.2) is 0 Å². The number of aromatic nitrogens is 1. The quantitative estimate of drug-likeness (QED) is 0.654. The first kappa shape index (κ1) is 21.7. The van der Waals surface area contributed by atoms with Crippen LogP contribution in [0.1, 0.15) is 63.9 Å². The van der Waals surface area contributed by atoms with Crippen LogP contribution in [0.15, 0.2) is 30.5 Å². The van der Waals surface area contributed by atoms with Crippen LogP contribution >= 0.6 is 0 Å². The van der Waals surface area contributed by atoms with E-state index in [4.69, 9.17) is 4.74 Å². The number of nitrogens with zero attached hydrogens (tertiary/aromatic N) is 2. The molecular formula is C28H33N3O3. The van der Waals surface area contributed by atoms with Crippen LogP contribution in [-0.4, -0.2) is 39.9 Å². The number of fused-ring (bicyclic) bond motifs is 1. The number of hydrogen-bond donors (Lipinski definition) is 1. The molecule has 1 amide bonds. The Morgan fingerprint density at radius 2 is 1.94 bits per heavy atom. The Bertz CT molecular complexity index is 1160. The Hall–Kier alpha value is -2.81. The fourth-order valence-corrected chi connectivity index (χ4v) is 8.27. The van der Waals surface area contributed by atoms with Gasteiger partial charge in [-0.3, -0.25) is 9.59 Å². The van der Waals surface area contributed by atoms with E-state index in [9.17, 15) is 14.9 Å². The van der Waals surface area contributed by atoms with Crippen LogP contribution in [0.5, 0.6) is 0 Å². The van der Waals surface area contributed by atoms with Gasteiger partial charge in [-0.1, -0.05) is 25.1 Å². The second kappa shape index (κ2) is 7.86. The Labute approximate surface area is 200 Å². The summed E-state index contributed by atoms with van der Waals surface area (Å²) in [5.74, 6) is 1.39. The number of amides is 1. The number of rotatable bonds is 5. The van der Waals surface area contributed by atoms with Crippen molar-refractivity contribution in [1.82, 2.24) is 9.88 Å². The average molecular weight is 460 g/mol. The molecule has 2 heterocycles. The van der Waals surface area contributed by atoms with Crippen LogP contribution in [0, 0.1) is 34.5 Å². The minimum Gasteiger partial charge on any atom is -0.459 e. The van der Waals surface area contributed by atoms with Crippen molar-refractivity contribution in [3.8, 4) is 6.07 Å². The highest BCUT2D eigenvalue weighted by Gasteiger charge is 2.60. The number of para-hydroxylation sites is 1. The molecule has 2 aromatic rings. The van der Waals surface area contributed by atoms with Gasteiger partial charge in [-0.25, -0.2) is 0 Å². The highest BCUT2D eigenvalue weighted by atomic mass is 16.6. The number of carbonyl (C=O) groups is 2. The molecule has 178 valence electrons. The van der Waals surface area contributed by atoms with Gasteiger partial charge in [0.25, 0.3) is 0 Å². The molecule has 4 aliphatic carbocycles. The highest BCUT2D eigenvalue weighted by Crippen LogP contribution is 2.64. The first-order valence-electron chi connectivity index (χ1n) is 12.8. The molecule has 4 bridgehead atoms. The van der Waals surface area contributed by atoms with Crippen molar-refractivity contribution in [2.75, 3.05) is 6.54 Å². The Morgan fingerprint density at radius 1 is 1.18 bits per heavy atom. The van der Waals surface area contributed by atoms with Gasteiger partial charge in [0.1, 0.15) is 11.6 Å². The molecule has 4 saturated carbocycles. The number of esters is 1. The summed E-state index contributed by atoms with van der Waals surface area (Å²) < 4.78 is 6.33. The molecule has 6 heteroatoms. The summed E-state index contributed by atoms with van der Waals surface area (Å²) in [5, 5.41) is 10.6. The highest BCUT2D eigenvalue weighted by molar-refractivity contribution is 5.87. The zero-order chi connectivity index (χ0) is 23.5. The standard InChI is InChI=1S/C28H33N3O3/c1-18-6-22(14-29)31(16-18)25(32)13-27-9-19-7-20(10-27)12-28(11-19,17-27)34-26(33)8-21-15-30-24-5-3-2-4-23(21)24/h2-5,15,18-20,22,30H,6-13,16-17H2,1H3. The first-order valence-corrected chi connectivity index (χ1v) is 12.8. The third-order valence-electron chi connectivity index (χ3n) is 8.97. The summed E-state index contributed by atoms with van der Waals surface area (Å²) in [6.07, 6.45) is 9.40. The van der Waals surface area contributed by atoms with E-state index in [-0.39, 0.29) is 29.8 Å². The van der Waals surface area contributed by atoms with Crippen LogP contribution in [-0.2, 0) is 20.7 Å². The maximum atomic E-state index is 13.4. The van der Waals surface area contributed by atoms with Crippen molar-refractivity contribution < 1.29 is 14.3 Å². The molecule has 1 aromatic heterocycles. The average Bonchev–Trinajstić information content (AvgIpc) is 3.35. The third-order valence-corrected chi connectivity index (χ3v) is 8.97. The predicted octanol–water partition coefficient (Wildman–Crippen LogP) is 4.74. The predicted molar refractivity (Wildman–Crippen MR) is 127 cm³/mol. The molecule has 1 saturated heterocycles. The first-order chi connectivity index (χ1) is 16.4. The summed E-state index contributed by atoms with van der Waals surface area (Å²) in [7, 11) is 0. The molecule has 0 spiro atoms. The number of ether oxygens (including phenoxy) is 1. The lowest BCUT2D eigenvalue weighted by Gasteiger charge is -2.61. The zero-order valence-corrected chi connectivity index (χ0v) is 19.9. The Kier molecular flexibility index (Phi) is 5.02. The molecule has 1 aromatic carbocycles. The van der Waals surface area contributed by atoms with E-state index in [1.165, 1.54) is 6.42 Å². The summed E-state index contributed by atoms with van der Waals surface area (Å²) in [6.45, 7) is 2.80. The molecule has 7 rings (SSSR count). The van der Waals surface area contributed by atoms with Crippen LogP contribution < -0.4 is 0 Å². The number of H-pyrrole nitrogens is 1. The topological polar surface area (TPSA) is 86.2 Å². The van der Waals surface area contributed by atoms with E-state index in [1.54, 1.807) is 0 Å². The number of likely N-dealkylation sites (tertiary alicyclic amines) is 1. The lowest BCUT2D eigenvalue weighted by Crippen LogP contribution is -2.58. The van der Waals surface area contributed by atoms with Crippen LogP contribution in [0.4, 0.5) is 0 Å². The van der Waals surface area contributed by atoms with E-state index in [2.05, 4.69) is 18.0 Å². The van der Waals surface area contributed by atoms with Crippen LogP contribution in [0.3, 0.4) is 0 Å². The molecule has 4 atom stereocenters. The molecule has 4 unspecified atom stereocenters. The van der Waals surface area contributed by atoms with E-state index >= 15 is 0 Å². The van der Waals surface area contributed by atoms with Gasteiger partial charge in [0, 0.05) is 30.1 Å². The zero-order valence-electron chi connectivity index (χ0n) is 19.9. The van der Waals surface area contributed by atoms with Crippen molar-refractivity contribution in [2.24, 2.45) is 23.2 Å². The van der Waals surface area contributed by atoms with E-state index in [1.807, 2.05) is 35.4 Å². The maximum absolute atomic E-state index is 13.4. The van der Waals surface area contributed by atoms with Gasteiger partial charge in [-0.05, 0) is 79.7 Å². The van der Waals surface area contributed by atoms with Gasteiger partial charge in [-0.2, -0.15) is 5.26 Å². The summed E-state index contributed by atoms with van der Waals surface area (Å²) in [6, 6.07) is 10.1. The molecule has 6 nitrogen and oxygen atoms in total. The minimum atomic E-state index is -0.430. The third kappa shape index (κ3) is 3.70. The van der Waals surface area contributed by atoms with Crippen molar-refractivity contribution in [3.05, 3.63) is 36.0 Å². The molecule has 0 radical (unpaired) electrons. The molecule has 34 heavy (non-hydrogen) atoms. The summed E-state index contributed by atoms with van der Waals surface area (Å²) in [5.41, 5.74) is 1.49. The fraction of sp³-hybridized carbons (Fsp3) is 0.607. The summed E-state index contributed by atoms with van der Waals surface area (Å²) >= 11 is 0. The summed E-state index contributed by atoms with van der Waals surface area (Å²) in [4.78, 5) is 31.6. The number of aromatic amines is 1. The lowest BCUT2D eigenvalue weighted by atomic mass is 9.47. The van der Waals surface area contributed by atoms with Gasteiger partial charge < -0.3 is 14.6 Å². The second-order valence-corrected chi connectivity index (χ2v) is 11.9.